The van der Waals surface area contributed by atoms with E-state index in [0.29, 0.717) is 27.7 Å². The molecule has 0 aromatic heterocycles. The fourth-order valence-electron chi connectivity index (χ4n) is 1.63. The lowest BCUT2D eigenvalue weighted by atomic mass is 10.1. The highest BCUT2D eigenvalue weighted by molar-refractivity contribution is 6.30. The first-order valence-electron chi connectivity index (χ1n) is 6.06. The predicted octanol–water partition coefficient (Wildman–Crippen LogP) is 2.81. The van der Waals surface area contributed by atoms with E-state index in [0.717, 1.165) is 0 Å². The number of hydrogen-bond donors (Lipinski definition) is 2. The molecule has 0 bridgehead atoms. The van der Waals surface area contributed by atoms with Gasteiger partial charge in [-0.15, -0.1) is 0 Å². The molecule has 0 unspecified atom stereocenters. The van der Waals surface area contributed by atoms with Crippen LogP contribution in [0, 0.1) is 11.3 Å². The van der Waals surface area contributed by atoms with E-state index in [9.17, 15) is 4.79 Å². The molecule has 106 valence electrons. The minimum atomic E-state index is -0.369. The van der Waals surface area contributed by atoms with Crippen LogP contribution in [0.2, 0.25) is 5.02 Å². The highest BCUT2D eigenvalue weighted by atomic mass is 35.5. The molecule has 3 N–H and O–H groups in total. The molecule has 0 heterocycles. The summed E-state index contributed by atoms with van der Waals surface area (Å²) in [5.41, 5.74) is 6.74. The third kappa shape index (κ3) is 4.13. The van der Waals surface area contributed by atoms with E-state index in [1.165, 1.54) is 6.07 Å². The normalized spacial score (nSPS) is 9.71. The molecule has 0 saturated carbocycles. The monoisotopic (exact) mass is 301 g/mol. The van der Waals surface area contributed by atoms with Crippen LogP contribution in [0.1, 0.15) is 5.56 Å². The highest BCUT2D eigenvalue weighted by Gasteiger charge is 2.08. The summed E-state index contributed by atoms with van der Waals surface area (Å²) in [7, 11) is 0. The highest BCUT2D eigenvalue weighted by Crippen LogP contribution is 2.18. The lowest BCUT2D eigenvalue weighted by molar-refractivity contribution is -0.118. The second-order valence-corrected chi connectivity index (χ2v) is 4.64. The molecule has 0 aliphatic rings. The van der Waals surface area contributed by atoms with Gasteiger partial charge in [-0.05, 0) is 42.5 Å². The molecular weight excluding hydrogens is 290 g/mol. The minimum Gasteiger partial charge on any atom is -0.484 e. The lowest BCUT2D eigenvalue weighted by Crippen LogP contribution is -2.20. The molecule has 5 nitrogen and oxygen atoms in total. The van der Waals surface area contributed by atoms with Crippen molar-refractivity contribution in [3.8, 4) is 11.8 Å². The second-order valence-electron chi connectivity index (χ2n) is 4.21. The van der Waals surface area contributed by atoms with E-state index < -0.39 is 0 Å². The third-order valence-electron chi connectivity index (χ3n) is 2.62. The molecule has 1 amide bonds. The molecule has 0 fully saturated rings. The summed E-state index contributed by atoms with van der Waals surface area (Å²) in [5, 5.41) is 12.2. The number of halogens is 1. The number of carbonyl (C=O) groups is 1. The van der Waals surface area contributed by atoms with Gasteiger partial charge >= 0.3 is 0 Å². The molecule has 0 saturated heterocycles. The molecule has 2 aromatic carbocycles. The van der Waals surface area contributed by atoms with Crippen LogP contribution in [0.25, 0.3) is 0 Å². The Hall–Kier alpha value is -2.71. The number of nitriles is 1. The van der Waals surface area contributed by atoms with Crippen molar-refractivity contribution in [2.75, 3.05) is 17.7 Å². The molecule has 0 spiro atoms. The molecule has 0 aliphatic carbocycles. The van der Waals surface area contributed by atoms with E-state index in [-0.39, 0.29) is 12.5 Å². The molecular formula is C15H12ClN3O2. The maximum Gasteiger partial charge on any atom is 0.262 e. The van der Waals surface area contributed by atoms with Crippen LogP contribution >= 0.6 is 11.6 Å². The Labute approximate surface area is 126 Å². The van der Waals surface area contributed by atoms with Gasteiger partial charge in [0.15, 0.2) is 6.61 Å². The van der Waals surface area contributed by atoms with Gasteiger partial charge in [-0.2, -0.15) is 5.26 Å². The number of nitrogens with one attached hydrogen (secondary N) is 1. The Bertz CT molecular complexity index is 693. The summed E-state index contributed by atoms with van der Waals surface area (Å²) in [6, 6.07) is 13.3. The maximum absolute atomic E-state index is 11.8. The predicted molar refractivity (Wildman–Crippen MR) is 81.1 cm³/mol. The van der Waals surface area contributed by atoms with E-state index >= 15 is 0 Å². The van der Waals surface area contributed by atoms with E-state index in [1.54, 1.807) is 36.4 Å². The lowest BCUT2D eigenvalue weighted by Gasteiger charge is -2.09. The quantitative estimate of drug-likeness (QED) is 0.850. The molecule has 6 heteroatoms. The Morgan fingerprint density at radius 3 is 2.67 bits per heavy atom. The molecule has 0 aliphatic heterocycles. The first-order chi connectivity index (χ1) is 10.1. The van der Waals surface area contributed by atoms with Crippen LogP contribution in [0.5, 0.6) is 5.75 Å². The number of benzene rings is 2. The van der Waals surface area contributed by atoms with Crippen molar-refractivity contribution in [2.45, 2.75) is 0 Å². The van der Waals surface area contributed by atoms with Gasteiger partial charge in [0, 0.05) is 10.7 Å². The van der Waals surface area contributed by atoms with Crippen LogP contribution in [0.3, 0.4) is 0 Å². The Kier molecular flexibility index (Phi) is 4.64. The van der Waals surface area contributed by atoms with Crippen LogP contribution in [-0.4, -0.2) is 12.5 Å². The largest absolute Gasteiger partial charge is 0.484 e. The van der Waals surface area contributed by atoms with Gasteiger partial charge in [-0.1, -0.05) is 11.6 Å². The van der Waals surface area contributed by atoms with Crippen LogP contribution in [0.4, 0.5) is 11.4 Å². The van der Waals surface area contributed by atoms with Crippen LogP contribution in [-0.2, 0) is 4.79 Å². The van der Waals surface area contributed by atoms with Crippen LogP contribution in [0.15, 0.2) is 42.5 Å². The van der Waals surface area contributed by atoms with Gasteiger partial charge in [-0.25, -0.2) is 0 Å². The Balaban J connectivity index is 1.96. The number of anilines is 2. The van der Waals surface area contributed by atoms with Crippen molar-refractivity contribution in [1.29, 1.82) is 5.26 Å². The fourth-order valence-corrected chi connectivity index (χ4v) is 1.76. The zero-order chi connectivity index (χ0) is 15.2. The van der Waals surface area contributed by atoms with Crippen molar-refractivity contribution >= 4 is 28.9 Å². The summed E-state index contributed by atoms with van der Waals surface area (Å²) in [4.78, 5) is 11.8. The van der Waals surface area contributed by atoms with Gasteiger partial charge in [-0.3, -0.25) is 4.79 Å². The summed E-state index contributed by atoms with van der Waals surface area (Å²) in [5.74, 6) is 0.165. The fraction of sp³-hybridized carbons (Fsp3) is 0.0667. The zero-order valence-corrected chi connectivity index (χ0v) is 11.7. The van der Waals surface area contributed by atoms with E-state index in [1.807, 2.05) is 6.07 Å². The number of rotatable bonds is 4. The first kappa shape index (κ1) is 14.7. The van der Waals surface area contributed by atoms with Gasteiger partial charge in [0.2, 0.25) is 0 Å². The van der Waals surface area contributed by atoms with Crippen LogP contribution < -0.4 is 15.8 Å². The summed E-state index contributed by atoms with van der Waals surface area (Å²) >= 11 is 5.75. The average Bonchev–Trinajstić information content (AvgIpc) is 2.48. The smallest absolute Gasteiger partial charge is 0.262 e. The molecule has 0 radical (unpaired) electrons. The first-order valence-corrected chi connectivity index (χ1v) is 6.44. The van der Waals surface area contributed by atoms with Crippen molar-refractivity contribution in [1.82, 2.24) is 0 Å². The second kappa shape index (κ2) is 6.64. The van der Waals surface area contributed by atoms with Gasteiger partial charge in [0.05, 0.1) is 11.3 Å². The van der Waals surface area contributed by atoms with E-state index in [2.05, 4.69) is 5.32 Å². The minimum absolute atomic E-state index is 0.170. The van der Waals surface area contributed by atoms with Crippen molar-refractivity contribution in [3.63, 3.8) is 0 Å². The van der Waals surface area contributed by atoms with E-state index in [4.69, 9.17) is 27.3 Å². The number of nitrogens with zero attached hydrogens (tertiary/aromatic N) is 1. The number of nitrogens with two attached hydrogens (primary N) is 1. The average molecular weight is 302 g/mol. The summed E-state index contributed by atoms with van der Waals surface area (Å²) in [6.45, 7) is -0.170. The molecule has 2 rings (SSSR count). The number of ether oxygens (including phenoxy) is 1. The van der Waals surface area contributed by atoms with Crippen molar-refractivity contribution in [3.05, 3.63) is 53.1 Å². The molecule has 21 heavy (non-hydrogen) atoms. The SMILES string of the molecule is N#Cc1cc(N)ccc1NC(=O)COc1ccc(Cl)cc1. The number of carbonyl (C=O) groups excluding carboxylic acids is 1. The number of hydrogen-bond acceptors (Lipinski definition) is 4. The van der Waals surface area contributed by atoms with Crippen molar-refractivity contribution in [2.24, 2.45) is 0 Å². The molecule has 0 atom stereocenters. The van der Waals surface area contributed by atoms with Gasteiger partial charge in [0.25, 0.3) is 5.91 Å². The van der Waals surface area contributed by atoms with Crippen molar-refractivity contribution < 1.29 is 9.53 Å². The maximum atomic E-state index is 11.8. The zero-order valence-electron chi connectivity index (χ0n) is 11.0. The molecule has 2 aromatic rings. The summed E-state index contributed by atoms with van der Waals surface area (Å²) in [6.07, 6.45) is 0. The third-order valence-corrected chi connectivity index (χ3v) is 2.87. The van der Waals surface area contributed by atoms with Gasteiger partial charge < -0.3 is 15.8 Å². The summed E-state index contributed by atoms with van der Waals surface area (Å²) < 4.78 is 5.31. The Morgan fingerprint density at radius 1 is 1.29 bits per heavy atom. The standard InChI is InChI=1S/C15H12ClN3O2/c16-11-1-4-13(5-2-11)21-9-15(20)19-14-6-3-12(18)7-10(14)8-17/h1-7H,9,18H2,(H,19,20). The Morgan fingerprint density at radius 2 is 2.00 bits per heavy atom. The number of nitrogen functional groups attached to an aromatic ring is 1. The topological polar surface area (TPSA) is 88.1 Å². The number of amides is 1. The van der Waals surface area contributed by atoms with Gasteiger partial charge in [0.1, 0.15) is 11.8 Å².